The zero-order valence-electron chi connectivity index (χ0n) is 14.1. The molecule has 132 valence electrons. The monoisotopic (exact) mass is 343 g/mol. The number of nitro benzene ring substituents is 1. The van der Waals surface area contributed by atoms with Crippen LogP contribution in [0.25, 0.3) is 0 Å². The van der Waals surface area contributed by atoms with Crippen molar-refractivity contribution in [2.45, 2.75) is 31.8 Å². The lowest BCUT2D eigenvalue weighted by atomic mass is 10.1. The van der Waals surface area contributed by atoms with Crippen LogP contribution < -0.4 is 10.2 Å². The summed E-state index contributed by atoms with van der Waals surface area (Å²) in [6.45, 7) is 4.35. The van der Waals surface area contributed by atoms with E-state index in [-0.39, 0.29) is 17.6 Å². The molecule has 3 rings (SSSR count). The second-order valence-electron chi connectivity index (χ2n) is 6.55. The summed E-state index contributed by atoms with van der Waals surface area (Å²) in [6, 6.07) is 6.57. The van der Waals surface area contributed by atoms with Crippen LogP contribution in [0.5, 0.6) is 0 Å². The number of amides is 1. The van der Waals surface area contributed by atoms with Gasteiger partial charge in [0.05, 0.1) is 22.6 Å². The van der Waals surface area contributed by atoms with Crippen molar-refractivity contribution in [1.29, 1.82) is 5.26 Å². The van der Waals surface area contributed by atoms with E-state index in [9.17, 15) is 14.9 Å². The number of piperazine rings is 1. The number of anilines is 1. The summed E-state index contributed by atoms with van der Waals surface area (Å²) in [5.41, 5.74) is 0.881. The Morgan fingerprint density at radius 2 is 2.04 bits per heavy atom. The lowest BCUT2D eigenvalue weighted by Gasteiger charge is -2.38. The molecule has 1 unspecified atom stereocenters. The maximum atomic E-state index is 12.2. The van der Waals surface area contributed by atoms with Crippen LogP contribution in [0.15, 0.2) is 18.2 Å². The van der Waals surface area contributed by atoms with Crippen LogP contribution in [0.1, 0.15) is 25.3 Å². The molecule has 1 aromatic rings. The Morgan fingerprint density at radius 1 is 1.36 bits per heavy atom. The van der Waals surface area contributed by atoms with Crippen molar-refractivity contribution in [3.05, 3.63) is 33.9 Å². The number of nitro groups is 1. The van der Waals surface area contributed by atoms with Crippen molar-refractivity contribution in [2.75, 3.05) is 31.1 Å². The van der Waals surface area contributed by atoms with E-state index in [4.69, 9.17) is 5.26 Å². The van der Waals surface area contributed by atoms with E-state index < -0.39 is 4.92 Å². The standard InChI is InChI=1S/C17H21N5O3/c1-12(17(23)19-14-3-4-14)20-6-8-21(9-7-20)16-10-13(11-18)2-5-15(16)22(24)25/h2,5,10,12,14H,3-4,6-9H2,1H3,(H,19,23). The summed E-state index contributed by atoms with van der Waals surface area (Å²) < 4.78 is 0. The molecule has 1 atom stereocenters. The van der Waals surface area contributed by atoms with Gasteiger partial charge in [-0.3, -0.25) is 19.8 Å². The largest absolute Gasteiger partial charge is 0.363 e. The zero-order chi connectivity index (χ0) is 18.0. The summed E-state index contributed by atoms with van der Waals surface area (Å²) in [5, 5.41) is 23.3. The molecule has 8 heteroatoms. The quantitative estimate of drug-likeness (QED) is 0.638. The summed E-state index contributed by atoms with van der Waals surface area (Å²) in [7, 11) is 0. The highest BCUT2D eigenvalue weighted by atomic mass is 16.6. The Bertz CT molecular complexity index is 717. The lowest BCUT2D eigenvalue weighted by Crippen LogP contribution is -2.54. The van der Waals surface area contributed by atoms with Gasteiger partial charge in [-0.2, -0.15) is 5.26 Å². The fraction of sp³-hybridized carbons (Fsp3) is 0.529. The molecule has 2 fully saturated rings. The van der Waals surface area contributed by atoms with Gasteiger partial charge in [0, 0.05) is 38.3 Å². The molecule has 1 saturated heterocycles. The maximum Gasteiger partial charge on any atom is 0.292 e. The first-order chi connectivity index (χ1) is 12.0. The van der Waals surface area contributed by atoms with Gasteiger partial charge in [0.15, 0.2) is 0 Å². The van der Waals surface area contributed by atoms with Crippen molar-refractivity contribution < 1.29 is 9.72 Å². The second kappa shape index (κ2) is 7.07. The summed E-state index contributed by atoms with van der Waals surface area (Å²) in [6.07, 6.45) is 2.12. The van der Waals surface area contributed by atoms with Crippen molar-refractivity contribution in [2.24, 2.45) is 0 Å². The van der Waals surface area contributed by atoms with E-state index in [0.717, 1.165) is 12.8 Å². The van der Waals surface area contributed by atoms with Gasteiger partial charge >= 0.3 is 0 Å². The average Bonchev–Trinajstić information content (AvgIpc) is 3.44. The first-order valence-electron chi connectivity index (χ1n) is 8.47. The van der Waals surface area contributed by atoms with Crippen LogP contribution in [0.2, 0.25) is 0 Å². The molecule has 1 N–H and O–H groups in total. The summed E-state index contributed by atoms with van der Waals surface area (Å²) in [5.74, 6) is 0.0495. The summed E-state index contributed by atoms with van der Waals surface area (Å²) in [4.78, 5) is 27.0. The Kier molecular flexibility index (Phi) is 4.86. The predicted octanol–water partition coefficient (Wildman–Crippen LogP) is 1.26. The molecular formula is C17H21N5O3. The van der Waals surface area contributed by atoms with Crippen molar-refractivity contribution in [3.8, 4) is 6.07 Å². The van der Waals surface area contributed by atoms with Crippen LogP contribution in [0, 0.1) is 21.4 Å². The Hall–Kier alpha value is -2.66. The Balaban J connectivity index is 1.66. The normalized spacial score (nSPS) is 19.1. The van der Waals surface area contributed by atoms with Gasteiger partial charge in [0.2, 0.25) is 5.91 Å². The van der Waals surface area contributed by atoms with E-state index in [1.165, 1.54) is 12.1 Å². The first-order valence-corrected chi connectivity index (χ1v) is 8.47. The number of nitrogens with one attached hydrogen (secondary N) is 1. The van der Waals surface area contributed by atoms with Gasteiger partial charge in [-0.15, -0.1) is 0 Å². The highest BCUT2D eigenvalue weighted by molar-refractivity contribution is 5.82. The average molecular weight is 343 g/mol. The second-order valence-corrected chi connectivity index (χ2v) is 6.55. The first kappa shape index (κ1) is 17.2. The molecule has 0 radical (unpaired) electrons. The van der Waals surface area contributed by atoms with Crippen LogP contribution >= 0.6 is 0 Å². The van der Waals surface area contributed by atoms with Gasteiger partial charge in [0.1, 0.15) is 5.69 Å². The van der Waals surface area contributed by atoms with E-state index >= 15 is 0 Å². The third-order valence-electron chi connectivity index (χ3n) is 4.81. The number of nitriles is 1. The van der Waals surface area contributed by atoms with Crippen LogP contribution in [-0.2, 0) is 4.79 Å². The number of hydrogen-bond donors (Lipinski definition) is 1. The molecule has 1 saturated carbocycles. The van der Waals surface area contributed by atoms with Gasteiger partial charge in [0.25, 0.3) is 5.69 Å². The minimum Gasteiger partial charge on any atom is -0.363 e. The van der Waals surface area contributed by atoms with Gasteiger partial charge in [-0.05, 0) is 31.9 Å². The molecule has 1 aliphatic heterocycles. The Morgan fingerprint density at radius 3 is 2.60 bits per heavy atom. The predicted molar refractivity (Wildman–Crippen MR) is 92.2 cm³/mol. The van der Waals surface area contributed by atoms with Gasteiger partial charge in [-0.1, -0.05) is 0 Å². The number of nitrogens with zero attached hydrogens (tertiary/aromatic N) is 4. The zero-order valence-corrected chi connectivity index (χ0v) is 14.1. The fourth-order valence-electron chi connectivity index (χ4n) is 3.07. The fourth-order valence-corrected chi connectivity index (χ4v) is 3.07. The van der Waals surface area contributed by atoms with Gasteiger partial charge < -0.3 is 10.2 Å². The number of hydrogen-bond acceptors (Lipinski definition) is 6. The van der Waals surface area contributed by atoms with Crippen LogP contribution in [0.3, 0.4) is 0 Å². The van der Waals surface area contributed by atoms with E-state index in [2.05, 4.69) is 10.2 Å². The van der Waals surface area contributed by atoms with E-state index in [0.29, 0.717) is 43.5 Å². The van der Waals surface area contributed by atoms with Crippen molar-refractivity contribution >= 4 is 17.3 Å². The smallest absolute Gasteiger partial charge is 0.292 e. The number of carbonyl (C=O) groups excluding carboxylic acids is 1. The van der Waals surface area contributed by atoms with Crippen LogP contribution in [-0.4, -0.2) is 54.0 Å². The Labute approximate surface area is 146 Å². The minimum absolute atomic E-state index is 0.00646. The van der Waals surface area contributed by atoms with Crippen LogP contribution in [0.4, 0.5) is 11.4 Å². The third kappa shape index (κ3) is 3.88. The number of carbonyl (C=O) groups is 1. The molecule has 0 bridgehead atoms. The molecule has 1 aliphatic carbocycles. The minimum atomic E-state index is -0.422. The topological polar surface area (TPSA) is 103 Å². The molecule has 1 heterocycles. The molecule has 25 heavy (non-hydrogen) atoms. The molecule has 1 aromatic carbocycles. The van der Waals surface area contributed by atoms with Gasteiger partial charge in [-0.25, -0.2) is 0 Å². The van der Waals surface area contributed by atoms with E-state index in [1.54, 1.807) is 6.07 Å². The highest BCUT2D eigenvalue weighted by Gasteiger charge is 2.31. The molecule has 0 spiro atoms. The van der Waals surface area contributed by atoms with Crippen molar-refractivity contribution in [1.82, 2.24) is 10.2 Å². The maximum absolute atomic E-state index is 12.2. The molecule has 0 aromatic heterocycles. The SMILES string of the molecule is CC(C(=O)NC1CC1)N1CCN(c2cc(C#N)ccc2[N+](=O)[O-])CC1. The molecule has 2 aliphatic rings. The molecule has 1 amide bonds. The highest BCUT2D eigenvalue weighted by Crippen LogP contribution is 2.30. The third-order valence-corrected chi connectivity index (χ3v) is 4.81. The lowest BCUT2D eigenvalue weighted by molar-refractivity contribution is -0.384. The van der Waals surface area contributed by atoms with Crippen molar-refractivity contribution in [3.63, 3.8) is 0 Å². The number of benzene rings is 1. The molecule has 8 nitrogen and oxygen atoms in total. The van der Waals surface area contributed by atoms with E-state index in [1.807, 2.05) is 17.9 Å². The number of rotatable bonds is 5. The molecular weight excluding hydrogens is 322 g/mol. The summed E-state index contributed by atoms with van der Waals surface area (Å²) >= 11 is 0.